The molecule has 0 fully saturated rings. The van der Waals surface area contributed by atoms with Gasteiger partial charge in [-0.1, -0.05) is 37.3 Å². The number of ether oxygens (including phenoxy) is 1. The second-order valence-electron chi connectivity index (χ2n) is 4.42. The van der Waals surface area contributed by atoms with E-state index < -0.39 is 11.4 Å². The summed E-state index contributed by atoms with van der Waals surface area (Å²) in [6.07, 6.45) is 0.715. The molecule has 0 aliphatic carbocycles. The van der Waals surface area contributed by atoms with Gasteiger partial charge in [0.05, 0.1) is 12.0 Å². The lowest BCUT2D eigenvalue weighted by Gasteiger charge is -2.30. The Morgan fingerprint density at radius 1 is 1.21 bits per heavy atom. The first-order valence-electron chi connectivity index (χ1n) is 6.51. The molecule has 0 aliphatic heterocycles. The van der Waals surface area contributed by atoms with Gasteiger partial charge in [-0.3, -0.25) is 9.59 Å². The number of rotatable bonds is 7. The number of esters is 1. The van der Waals surface area contributed by atoms with Gasteiger partial charge >= 0.3 is 11.9 Å². The van der Waals surface area contributed by atoms with Gasteiger partial charge in [0.1, 0.15) is 0 Å². The summed E-state index contributed by atoms with van der Waals surface area (Å²) in [5.74, 6) is -1.25. The SMILES string of the molecule is CCOC(=O)[C@@](CC)(CCC(=O)O)c1ccccc1. The largest absolute Gasteiger partial charge is 0.481 e. The fourth-order valence-electron chi connectivity index (χ4n) is 2.24. The van der Waals surface area contributed by atoms with Crippen molar-refractivity contribution in [1.29, 1.82) is 0 Å². The highest BCUT2D eigenvalue weighted by atomic mass is 16.5. The van der Waals surface area contributed by atoms with E-state index in [1.54, 1.807) is 6.92 Å². The maximum Gasteiger partial charge on any atom is 0.316 e. The van der Waals surface area contributed by atoms with Crippen molar-refractivity contribution in [2.45, 2.75) is 38.5 Å². The van der Waals surface area contributed by atoms with Crippen LogP contribution in [0.25, 0.3) is 0 Å². The predicted octanol–water partition coefficient (Wildman–Crippen LogP) is 2.76. The molecule has 0 bridgehead atoms. The van der Waals surface area contributed by atoms with Gasteiger partial charge < -0.3 is 9.84 Å². The number of carboxylic acids is 1. The highest BCUT2D eigenvalue weighted by Crippen LogP contribution is 2.34. The van der Waals surface area contributed by atoms with Crippen LogP contribution >= 0.6 is 0 Å². The highest BCUT2D eigenvalue weighted by Gasteiger charge is 2.40. The van der Waals surface area contributed by atoms with Crippen LogP contribution in [0.5, 0.6) is 0 Å². The van der Waals surface area contributed by atoms with Crippen LogP contribution in [0.4, 0.5) is 0 Å². The third-order valence-corrected chi connectivity index (χ3v) is 3.36. The fourth-order valence-corrected chi connectivity index (χ4v) is 2.24. The average molecular weight is 264 g/mol. The molecular formula is C15H20O4. The van der Waals surface area contributed by atoms with E-state index in [0.29, 0.717) is 13.0 Å². The first-order chi connectivity index (χ1) is 9.06. The van der Waals surface area contributed by atoms with Gasteiger partial charge in [-0.15, -0.1) is 0 Å². The van der Waals surface area contributed by atoms with E-state index >= 15 is 0 Å². The van der Waals surface area contributed by atoms with Crippen molar-refractivity contribution in [3.05, 3.63) is 35.9 Å². The molecule has 0 amide bonds. The van der Waals surface area contributed by atoms with Crippen LogP contribution in [0.2, 0.25) is 0 Å². The van der Waals surface area contributed by atoms with Crippen LogP contribution in [0.15, 0.2) is 30.3 Å². The predicted molar refractivity (Wildman–Crippen MR) is 71.9 cm³/mol. The van der Waals surface area contributed by atoms with Crippen LogP contribution in [0.3, 0.4) is 0 Å². The molecule has 0 radical (unpaired) electrons. The number of carbonyl (C=O) groups is 2. The molecule has 4 nitrogen and oxygen atoms in total. The summed E-state index contributed by atoms with van der Waals surface area (Å²) in [5, 5.41) is 8.88. The number of hydrogen-bond donors (Lipinski definition) is 1. The summed E-state index contributed by atoms with van der Waals surface area (Å²) in [5.41, 5.74) is -0.0486. The Balaban J connectivity index is 3.13. The lowest BCUT2D eigenvalue weighted by Crippen LogP contribution is -2.37. The fraction of sp³-hybridized carbons (Fsp3) is 0.467. The molecule has 0 heterocycles. The van der Waals surface area contributed by atoms with Gasteiger partial charge in [0.15, 0.2) is 0 Å². The average Bonchev–Trinajstić information content (AvgIpc) is 2.41. The zero-order chi connectivity index (χ0) is 14.3. The molecule has 0 aliphatic rings. The topological polar surface area (TPSA) is 63.6 Å². The normalized spacial score (nSPS) is 13.6. The number of carboxylic acid groups (broad SMARTS) is 1. The van der Waals surface area contributed by atoms with Crippen molar-refractivity contribution in [3.8, 4) is 0 Å². The molecule has 1 atom stereocenters. The molecule has 1 aromatic rings. The van der Waals surface area contributed by atoms with Gasteiger partial charge in [0.2, 0.25) is 0 Å². The van der Waals surface area contributed by atoms with E-state index in [1.165, 1.54) is 0 Å². The first-order valence-corrected chi connectivity index (χ1v) is 6.51. The minimum Gasteiger partial charge on any atom is -0.481 e. The Morgan fingerprint density at radius 3 is 2.32 bits per heavy atom. The minimum absolute atomic E-state index is 0.0540. The third kappa shape index (κ3) is 3.56. The first kappa shape index (κ1) is 15.2. The summed E-state index contributed by atoms with van der Waals surface area (Å²) in [7, 11) is 0. The van der Waals surface area contributed by atoms with Crippen molar-refractivity contribution in [2.75, 3.05) is 6.61 Å². The molecule has 0 spiro atoms. The van der Waals surface area contributed by atoms with Crippen LogP contribution < -0.4 is 0 Å². The monoisotopic (exact) mass is 264 g/mol. The third-order valence-electron chi connectivity index (χ3n) is 3.36. The van der Waals surface area contributed by atoms with E-state index in [9.17, 15) is 9.59 Å². The Bertz CT molecular complexity index is 427. The molecular weight excluding hydrogens is 244 g/mol. The molecule has 0 saturated carbocycles. The molecule has 0 aromatic heterocycles. The smallest absolute Gasteiger partial charge is 0.316 e. The lowest BCUT2D eigenvalue weighted by atomic mass is 9.74. The van der Waals surface area contributed by atoms with E-state index in [2.05, 4.69) is 0 Å². The molecule has 0 unspecified atom stereocenters. The maximum atomic E-state index is 12.3. The van der Waals surface area contributed by atoms with Crippen LogP contribution in [-0.2, 0) is 19.7 Å². The summed E-state index contributed by atoms with van der Waals surface area (Å²) < 4.78 is 5.15. The summed E-state index contributed by atoms with van der Waals surface area (Å²) >= 11 is 0. The number of benzene rings is 1. The van der Waals surface area contributed by atoms with Crippen LogP contribution in [0, 0.1) is 0 Å². The van der Waals surface area contributed by atoms with Gasteiger partial charge in [-0.2, -0.15) is 0 Å². The number of hydrogen-bond acceptors (Lipinski definition) is 3. The van der Waals surface area contributed by atoms with E-state index in [1.807, 2.05) is 37.3 Å². The number of aliphatic carboxylic acids is 1. The summed E-state index contributed by atoms with van der Waals surface area (Å²) in [6, 6.07) is 9.26. The van der Waals surface area contributed by atoms with E-state index in [0.717, 1.165) is 5.56 Å². The van der Waals surface area contributed by atoms with E-state index in [-0.39, 0.29) is 18.8 Å². The van der Waals surface area contributed by atoms with Crippen molar-refractivity contribution in [2.24, 2.45) is 0 Å². The Hall–Kier alpha value is -1.84. The molecule has 1 rings (SSSR count). The Morgan fingerprint density at radius 2 is 1.84 bits per heavy atom. The number of carbonyl (C=O) groups excluding carboxylic acids is 1. The van der Waals surface area contributed by atoms with Crippen molar-refractivity contribution in [1.82, 2.24) is 0 Å². The van der Waals surface area contributed by atoms with Crippen LogP contribution in [0.1, 0.15) is 38.7 Å². The van der Waals surface area contributed by atoms with Crippen LogP contribution in [-0.4, -0.2) is 23.7 Å². The lowest BCUT2D eigenvalue weighted by molar-refractivity contribution is -0.151. The minimum atomic E-state index is -0.905. The summed E-state index contributed by atoms with van der Waals surface area (Å²) in [6.45, 7) is 3.92. The second-order valence-corrected chi connectivity index (χ2v) is 4.42. The summed E-state index contributed by atoms with van der Waals surface area (Å²) in [4.78, 5) is 23.1. The zero-order valence-electron chi connectivity index (χ0n) is 11.4. The van der Waals surface area contributed by atoms with Crippen molar-refractivity contribution in [3.63, 3.8) is 0 Å². The van der Waals surface area contributed by atoms with Gasteiger partial charge in [-0.05, 0) is 25.3 Å². The Labute approximate surface area is 113 Å². The van der Waals surface area contributed by atoms with Gasteiger partial charge in [-0.25, -0.2) is 0 Å². The highest BCUT2D eigenvalue weighted by molar-refractivity contribution is 5.84. The zero-order valence-corrected chi connectivity index (χ0v) is 11.4. The van der Waals surface area contributed by atoms with Crippen molar-refractivity contribution < 1.29 is 19.4 Å². The quantitative estimate of drug-likeness (QED) is 0.769. The molecule has 19 heavy (non-hydrogen) atoms. The molecule has 1 aromatic carbocycles. The van der Waals surface area contributed by atoms with Crippen molar-refractivity contribution >= 4 is 11.9 Å². The second kappa shape index (κ2) is 6.92. The standard InChI is InChI=1S/C15H20O4/c1-3-15(11-10-13(16)17,14(18)19-4-2)12-8-6-5-7-9-12/h5-9H,3-4,10-11H2,1-2H3,(H,16,17)/t15-/m0/s1. The van der Waals surface area contributed by atoms with Gasteiger partial charge in [0, 0.05) is 6.42 Å². The maximum absolute atomic E-state index is 12.3. The molecule has 104 valence electrons. The molecule has 4 heteroatoms. The van der Waals surface area contributed by atoms with E-state index in [4.69, 9.17) is 9.84 Å². The Kier molecular flexibility index (Phi) is 5.55. The van der Waals surface area contributed by atoms with Gasteiger partial charge in [0.25, 0.3) is 0 Å². The molecule has 1 N–H and O–H groups in total. The molecule has 0 saturated heterocycles.